The van der Waals surface area contributed by atoms with E-state index >= 15 is 0 Å². The molecule has 1 heterocycles. The first-order valence-corrected chi connectivity index (χ1v) is 7.56. The maximum absolute atomic E-state index is 12.9. The second kappa shape index (κ2) is 7.38. The van der Waals surface area contributed by atoms with Gasteiger partial charge >= 0.3 is 0 Å². The van der Waals surface area contributed by atoms with Crippen LogP contribution in [0.5, 0.6) is 5.75 Å². The van der Waals surface area contributed by atoms with Crippen LogP contribution in [0.3, 0.4) is 0 Å². The number of ether oxygens (including phenoxy) is 2. The van der Waals surface area contributed by atoms with Crippen molar-refractivity contribution in [1.82, 2.24) is 4.90 Å². The van der Waals surface area contributed by atoms with E-state index in [1.54, 1.807) is 0 Å². The first-order valence-electron chi connectivity index (χ1n) is 7.56. The Morgan fingerprint density at radius 1 is 1.09 bits per heavy atom. The van der Waals surface area contributed by atoms with Gasteiger partial charge in [-0.3, -0.25) is 4.90 Å². The van der Waals surface area contributed by atoms with Gasteiger partial charge in [-0.1, -0.05) is 30.3 Å². The van der Waals surface area contributed by atoms with Gasteiger partial charge in [-0.05, 0) is 29.8 Å². The molecule has 4 heteroatoms. The van der Waals surface area contributed by atoms with Gasteiger partial charge in [0.25, 0.3) is 0 Å². The van der Waals surface area contributed by atoms with Crippen molar-refractivity contribution in [2.24, 2.45) is 0 Å². The van der Waals surface area contributed by atoms with E-state index < -0.39 is 0 Å². The SMILES string of the molecule is Fc1ccc(CN2CCO[C@@H](COc3ccccc3)C2)cc1. The van der Waals surface area contributed by atoms with Crippen LogP contribution in [0, 0.1) is 5.82 Å². The molecule has 0 bridgehead atoms. The number of halogens is 1. The molecule has 0 saturated carbocycles. The molecule has 3 rings (SSSR count). The van der Waals surface area contributed by atoms with E-state index in [1.807, 2.05) is 42.5 Å². The molecule has 0 radical (unpaired) electrons. The fourth-order valence-corrected chi connectivity index (χ4v) is 2.58. The first-order chi connectivity index (χ1) is 10.8. The molecule has 116 valence electrons. The molecule has 3 nitrogen and oxygen atoms in total. The highest BCUT2D eigenvalue weighted by Gasteiger charge is 2.21. The molecular formula is C18H20FNO2. The number of hydrogen-bond donors (Lipinski definition) is 0. The number of morpholine rings is 1. The standard InChI is InChI=1S/C18H20FNO2/c19-16-8-6-15(7-9-16)12-20-10-11-21-18(13-20)14-22-17-4-2-1-3-5-17/h1-9,18H,10-14H2/t18-/m1/s1. The summed E-state index contributed by atoms with van der Waals surface area (Å²) in [5.74, 6) is 0.668. The van der Waals surface area contributed by atoms with Crippen molar-refractivity contribution in [2.75, 3.05) is 26.3 Å². The maximum atomic E-state index is 12.9. The molecule has 0 unspecified atom stereocenters. The Labute approximate surface area is 130 Å². The predicted molar refractivity (Wildman–Crippen MR) is 83.4 cm³/mol. The fourth-order valence-electron chi connectivity index (χ4n) is 2.58. The van der Waals surface area contributed by atoms with Gasteiger partial charge in [-0.2, -0.15) is 0 Å². The Hall–Kier alpha value is -1.91. The highest BCUT2D eigenvalue weighted by Crippen LogP contribution is 2.14. The zero-order valence-corrected chi connectivity index (χ0v) is 12.5. The molecule has 2 aromatic carbocycles. The molecule has 2 aromatic rings. The number of benzene rings is 2. The van der Waals surface area contributed by atoms with Crippen LogP contribution in [0.15, 0.2) is 54.6 Å². The van der Waals surface area contributed by atoms with E-state index in [0.717, 1.165) is 30.9 Å². The lowest BCUT2D eigenvalue weighted by molar-refractivity contribution is -0.0504. The summed E-state index contributed by atoms with van der Waals surface area (Å²) < 4.78 is 24.5. The zero-order valence-electron chi connectivity index (χ0n) is 12.5. The summed E-state index contributed by atoms with van der Waals surface area (Å²) in [6.45, 7) is 3.77. The quantitative estimate of drug-likeness (QED) is 0.847. The normalized spacial score (nSPS) is 19.0. The van der Waals surface area contributed by atoms with Crippen LogP contribution in [0.2, 0.25) is 0 Å². The van der Waals surface area contributed by atoms with E-state index in [1.165, 1.54) is 12.1 Å². The van der Waals surface area contributed by atoms with Crippen molar-refractivity contribution in [1.29, 1.82) is 0 Å². The first kappa shape index (κ1) is 15.0. The third-order valence-corrected chi connectivity index (χ3v) is 3.72. The number of rotatable bonds is 5. The highest BCUT2D eigenvalue weighted by molar-refractivity contribution is 5.21. The molecule has 1 aliphatic heterocycles. The minimum Gasteiger partial charge on any atom is -0.491 e. The molecule has 1 saturated heterocycles. The summed E-state index contributed by atoms with van der Waals surface area (Å²) in [6, 6.07) is 16.4. The maximum Gasteiger partial charge on any atom is 0.123 e. The van der Waals surface area contributed by atoms with Crippen molar-refractivity contribution in [3.63, 3.8) is 0 Å². The minimum atomic E-state index is -0.195. The smallest absolute Gasteiger partial charge is 0.123 e. The van der Waals surface area contributed by atoms with Crippen molar-refractivity contribution in [3.8, 4) is 5.75 Å². The van der Waals surface area contributed by atoms with Gasteiger partial charge in [0, 0.05) is 19.6 Å². The summed E-state index contributed by atoms with van der Waals surface area (Å²) in [6.07, 6.45) is 0.0643. The minimum absolute atomic E-state index is 0.0643. The topological polar surface area (TPSA) is 21.7 Å². The molecule has 1 atom stereocenters. The van der Waals surface area contributed by atoms with Crippen LogP contribution < -0.4 is 4.74 Å². The molecule has 0 amide bonds. The molecule has 0 aromatic heterocycles. The van der Waals surface area contributed by atoms with Crippen LogP contribution >= 0.6 is 0 Å². The summed E-state index contributed by atoms with van der Waals surface area (Å²) in [5, 5.41) is 0. The Morgan fingerprint density at radius 3 is 2.64 bits per heavy atom. The monoisotopic (exact) mass is 301 g/mol. The predicted octanol–water partition coefficient (Wildman–Crippen LogP) is 3.11. The van der Waals surface area contributed by atoms with Crippen molar-refractivity contribution >= 4 is 0 Å². The van der Waals surface area contributed by atoms with E-state index in [2.05, 4.69) is 4.90 Å². The molecule has 1 fully saturated rings. The van der Waals surface area contributed by atoms with Crippen molar-refractivity contribution < 1.29 is 13.9 Å². The Kier molecular flexibility index (Phi) is 5.03. The largest absolute Gasteiger partial charge is 0.491 e. The van der Waals surface area contributed by atoms with Gasteiger partial charge in [0.2, 0.25) is 0 Å². The second-order valence-electron chi connectivity index (χ2n) is 5.48. The van der Waals surface area contributed by atoms with Crippen LogP contribution in [0.4, 0.5) is 4.39 Å². The van der Waals surface area contributed by atoms with Gasteiger partial charge in [-0.15, -0.1) is 0 Å². The number of nitrogens with zero attached hydrogens (tertiary/aromatic N) is 1. The van der Waals surface area contributed by atoms with Crippen LogP contribution in [-0.2, 0) is 11.3 Å². The Balaban J connectivity index is 1.49. The van der Waals surface area contributed by atoms with Gasteiger partial charge in [0.15, 0.2) is 0 Å². The summed E-state index contributed by atoms with van der Waals surface area (Å²) in [5.41, 5.74) is 1.12. The average Bonchev–Trinajstić information content (AvgIpc) is 2.57. The third-order valence-electron chi connectivity index (χ3n) is 3.72. The Morgan fingerprint density at radius 2 is 1.86 bits per heavy atom. The molecule has 0 aliphatic carbocycles. The van der Waals surface area contributed by atoms with Gasteiger partial charge in [-0.25, -0.2) is 4.39 Å². The van der Waals surface area contributed by atoms with Gasteiger partial charge in [0.05, 0.1) is 6.61 Å². The lowest BCUT2D eigenvalue weighted by Crippen LogP contribution is -2.44. The van der Waals surface area contributed by atoms with Crippen LogP contribution in [-0.4, -0.2) is 37.3 Å². The fraction of sp³-hybridized carbons (Fsp3) is 0.333. The molecule has 22 heavy (non-hydrogen) atoms. The summed E-state index contributed by atoms with van der Waals surface area (Å²) in [4.78, 5) is 2.32. The third kappa shape index (κ3) is 4.29. The van der Waals surface area contributed by atoms with Crippen molar-refractivity contribution in [2.45, 2.75) is 12.6 Å². The van der Waals surface area contributed by atoms with Crippen LogP contribution in [0.25, 0.3) is 0 Å². The van der Waals surface area contributed by atoms with Crippen LogP contribution in [0.1, 0.15) is 5.56 Å². The lowest BCUT2D eigenvalue weighted by Gasteiger charge is -2.32. The van der Waals surface area contributed by atoms with Gasteiger partial charge < -0.3 is 9.47 Å². The summed E-state index contributed by atoms with van der Waals surface area (Å²) in [7, 11) is 0. The molecular weight excluding hydrogens is 281 g/mol. The molecule has 0 spiro atoms. The van der Waals surface area contributed by atoms with Gasteiger partial charge in [0.1, 0.15) is 24.3 Å². The zero-order chi connectivity index (χ0) is 15.2. The van der Waals surface area contributed by atoms with Crippen molar-refractivity contribution in [3.05, 3.63) is 66.0 Å². The number of hydrogen-bond acceptors (Lipinski definition) is 3. The van der Waals surface area contributed by atoms with E-state index in [-0.39, 0.29) is 11.9 Å². The van der Waals surface area contributed by atoms with E-state index in [4.69, 9.17) is 9.47 Å². The lowest BCUT2D eigenvalue weighted by atomic mass is 10.2. The van der Waals surface area contributed by atoms with E-state index in [9.17, 15) is 4.39 Å². The highest BCUT2D eigenvalue weighted by atomic mass is 19.1. The average molecular weight is 301 g/mol. The van der Waals surface area contributed by atoms with E-state index in [0.29, 0.717) is 13.2 Å². The number of para-hydroxylation sites is 1. The summed E-state index contributed by atoms with van der Waals surface area (Å²) >= 11 is 0. The second-order valence-corrected chi connectivity index (χ2v) is 5.48. The molecule has 1 aliphatic rings. The Bertz CT molecular complexity index is 573. The molecule has 0 N–H and O–H groups in total.